The number of methoxy groups -OCH3 is 3. The molecule has 0 aliphatic heterocycles. The van der Waals surface area contributed by atoms with Gasteiger partial charge in [-0.3, -0.25) is 0 Å². The molecule has 106 valence electrons. The Balaban J connectivity index is 3.90. The first kappa shape index (κ1) is 17.1. The van der Waals surface area contributed by atoms with Crippen molar-refractivity contribution in [1.82, 2.24) is 0 Å². The molecule has 0 aliphatic rings. The van der Waals surface area contributed by atoms with E-state index in [1.807, 2.05) is 6.08 Å². The molecule has 0 saturated heterocycles. The van der Waals surface area contributed by atoms with Crippen molar-refractivity contribution in [3.63, 3.8) is 0 Å². The summed E-state index contributed by atoms with van der Waals surface area (Å²) in [6, 6.07) is 0. The van der Waals surface area contributed by atoms with E-state index in [4.69, 9.17) is 9.47 Å². The van der Waals surface area contributed by atoms with Gasteiger partial charge in [0.05, 0.1) is 7.11 Å². The third-order valence-corrected chi connectivity index (χ3v) is 2.91. The molecule has 0 unspecified atom stereocenters. The van der Waals surface area contributed by atoms with E-state index < -0.39 is 0 Å². The summed E-state index contributed by atoms with van der Waals surface area (Å²) in [6.07, 6.45) is 7.31. The molecule has 0 N–H and O–H groups in total. The Morgan fingerprint density at radius 3 is 2.28 bits per heavy atom. The summed E-state index contributed by atoms with van der Waals surface area (Å²) in [5, 5.41) is 0. The van der Waals surface area contributed by atoms with Crippen LogP contribution in [0.25, 0.3) is 0 Å². The Bertz CT molecular complexity index is 255. The van der Waals surface area contributed by atoms with E-state index in [0.29, 0.717) is 0 Å². The largest absolute Gasteiger partial charge is 0.466 e. The summed E-state index contributed by atoms with van der Waals surface area (Å²) in [5.41, 5.74) is 0.00380. The third kappa shape index (κ3) is 8.25. The summed E-state index contributed by atoms with van der Waals surface area (Å²) in [6.45, 7) is 4.22. The molecule has 0 radical (unpaired) electrons. The van der Waals surface area contributed by atoms with Crippen molar-refractivity contribution in [3.8, 4) is 0 Å². The Kier molecular flexibility index (Phi) is 8.67. The van der Waals surface area contributed by atoms with E-state index in [1.165, 1.54) is 13.2 Å². The van der Waals surface area contributed by atoms with E-state index in [-0.39, 0.29) is 17.7 Å². The number of esters is 1. The number of unbranched alkanes of at least 4 members (excludes halogenated alkanes) is 1. The fourth-order valence-corrected chi connectivity index (χ4v) is 1.67. The molecular weight excluding hydrogens is 232 g/mol. The van der Waals surface area contributed by atoms with Gasteiger partial charge in [-0.05, 0) is 24.7 Å². The lowest BCUT2D eigenvalue weighted by Gasteiger charge is -2.20. The van der Waals surface area contributed by atoms with Gasteiger partial charge in [-0.1, -0.05) is 26.3 Å². The van der Waals surface area contributed by atoms with Crippen LogP contribution in [-0.4, -0.2) is 33.6 Å². The molecule has 0 spiro atoms. The zero-order valence-corrected chi connectivity index (χ0v) is 12.2. The van der Waals surface area contributed by atoms with Crippen molar-refractivity contribution in [2.24, 2.45) is 5.41 Å². The van der Waals surface area contributed by atoms with Crippen LogP contribution in [0, 0.1) is 5.41 Å². The average Bonchev–Trinajstić information content (AvgIpc) is 2.36. The molecule has 0 amide bonds. The summed E-state index contributed by atoms with van der Waals surface area (Å²) < 4.78 is 14.8. The molecule has 4 heteroatoms. The lowest BCUT2D eigenvalue weighted by Crippen LogP contribution is -2.13. The molecule has 0 aliphatic carbocycles. The van der Waals surface area contributed by atoms with Crippen LogP contribution in [0.3, 0.4) is 0 Å². The Hall–Kier alpha value is -0.870. The van der Waals surface area contributed by atoms with Crippen molar-refractivity contribution >= 4 is 5.97 Å². The highest BCUT2D eigenvalue weighted by Gasteiger charge is 2.14. The summed E-state index contributed by atoms with van der Waals surface area (Å²) in [7, 11) is 4.68. The maximum absolute atomic E-state index is 11.0. The van der Waals surface area contributed by atoms with Gasteiger partial charge in [0, 0.05) is 20.3 Å². The second kappa shape index (κ2) is 9.11. The van der Waals surface area contributed by atoms with Crippen molar-refractivity contribution in [1.29, 1.82) is 0 Å². The zero-order valence-electron chi connectivity index (χ0n) is 12.2. The predicted octanol–water partition coefficient (Wildman–Crippen LogP) is 2.92. The first-order valence-corrected chi connectivity index (χ1v) is 6.28. The van der Waals surface area contributed by atoms with Crippen LogP contribution < -0.4 is 0 Å². The molecule has 0 saturated carbocycles. The number of hydrogen-bond acceptors (Lipinski definition) is 4. The van der Waals surface area contributed by atoms with Gasteiger partial charge in [-0.2, -0.15) is 0 Å². The molecule has 0 rings (SSSR count). The van der Waals surface area contributed by atoms with Gasteiger partial charge in [-0.25, -0.2) is 4.79 Å². The van der Waals surface area contributed by atoms with Crippen LogP contribution in [0.5, 0.6) is 0 Å². The lowest BCUT2D eigenvalue weighted by atomic mass is 9.86. The molecular formula is C14H26O4. The van der Waals surface area contributed by atoms with Gasteiger partial charge >= 0.3 is 5.97 Å². The molecule has 0 aromatic carbocycles. The summed E-state index contributed by atoms with van der Waals surface area (Å²) in [4.78, 5) is 11.0. The highest BCUT2D eigenvalue weighted by Crippen LogP contribution is 2.25. The number of allylic oxidation sites excluding steroid dienone is 1. The van der Waals surface area contributed by atoms with Crippen LogP contribution in [-0.2, 0) is 19.0 Å². The number of hydrogen-bond donors (Lipinski definition) is 0. The minimum atomic E-state index is -0.304. The van der Waals surface area contributed by atoms with E-state index >= 15 is 0 Å². The monoisotopic (exact) mass is 258 g/mol. The summed E-state index contributed by atoms with van der Waals surface area (Å²) in [5.74, 6) is -0.304. The number of rotatable bonds is 9. The van der Waals surface area contributed by atoms with Crippen LogP contribution in [0.2, 0.25) is 0 Å². The van der Waals surface area contributed by atoms with E-state index in [0.717, 1.165) is 25.7 Å². The maximum atomic E-state index is 11.0. The van der Waals surface area contributed by atoms with Crippen LogP contribution in [0.4, 0.5) is 0 Å². The Morgan fingerprint density at radius 2 is 1.78 bits per heavy atom. The van der Waals surface area contributed by atoms with Crippen LogP contribution in [0.1, 0.15) is 39.5 Å². The van der Waals surface area contributed by atoms with E-state index in [9.17, 15) is 4.79 Å². The topological polar surface area (TPSA) is 44.8 Å². The van der Waals surface area contributed by atoms with Crippen molar-refractivity contribution in [2.45, 2.75) is 45.8 Å². The molecule has 18 heavy (non-hydrogen) atoms. The summed E-state index contributed by atoms with van der Waals surface area (Å²) >= 11 is 0. The van der Waals surface area contributed by atoms with Crippen LogP contribution in [0.15, 0.2) is 12.2 Å². The third-order valence-electron chi connectivity index (χ3n) is 2.91. The van der Waals surface area contributed by atoms with Crippen molar-refractivity contribution in [3.05, 3.63) is 12.2 Å². The van der Waals surface area contributed by atoms with Crippen molar-refractivity contribution < 1.29 is 19.0 Å². The second-order valence-electron chi connectivity index (χ2n) is 4.99. The fraction of sp³-hybridized carbons (Fsp3) is 0.786. The quantitative estimate of drug-likeness (QED) is 0.276. The Labute approximate surface area is 110 Å². The zero-order chi connectivity index (χ0) is 14.0. The molecule has 0 atom stereocenters. The molecule has 0 heterocycles. The Morgan fingerprint density at radius 1 is 1.17 bits per heavy atom. The highest BCUT2D eigenvalue weighted by molar-refractivity contribution is 5.81. The van der Waals surface area contributed by atoms with Crippen LogP contribution >= 0.6 is 0 Å². The van der Waals surface area contributed by atoms with Gasteiger partial charge < -0.3 is 14.2 Å². The number of ether oxygens (including phenoxy) is 3. The van der Waals surface area contributed by atoms with E-state index in [2.05, 4.69) is 18.6 Å². The first-order valence-electron chi connectivity index (χ1n) is 6.28. The van der Waals surface area contributed by atoms with Gasteiger partial charge in [0.1, 0.15) is 0 Å². The fourth-order valence-electron chi connectivity index (χ4n) is 1.67. The van der Waals surface area contributed by atoms with Gasteiger partial charge in [0.15, 0.2) is 6.29 Å². The smallest absolute Gasteiger partial charge is 0.330 e. The molecule has 0 bridgehead atoms. The van der Waals surface area contributed by atoms with Crippen molar-refractivity contribution in [2.75, 3.05) is 21.3 Å². The standard InChI is InChI=1S/C14H26O4/c1-14(2,11-9-12(15)16-3)10-7-6-8-13(17-4)18-5/h9,11,13H,6-8,10H2,1-5H3/b11-9+. The van der Waals surface area contributed by atoms with Gasteiger partial charge in [0.25, 0.3) is 0 Å². The minimum absolute atomic E-state index is 0.00380. The van der Waals surface area contributed by atoms with E-state index in [1.54, 1.807) is 14.2 Å². The molecule has 4 nitrogen and oxygen atoms in total. The SMILES string of the molecule is COC(=O)/C=C/C(C)(C)CCCCC(OC)OC. The molecule has 0 fully saturated rings. The highest BCUT2D eigenvalue weighted by atomic mass is 16.7. The minimum Gasteiger partial charge on any atom is -0.466 e. The normalized spacial score (nSPS) is 12.3. The first-order chi connectivity index (χ1) is 8.45. The lowest BCUT2D eigenvalue weighted by molar-refractivity contribution is -0.134. The average molecular weight is 258 g/mol. The maximum Gasteiger partial charge on any atom is 0.330 e. The number of carbonyl (C=O) groups excluding carboxylic acids is 1. The molecule has 0 aromatic heterocycles. The van der Waals surface area contributed by atoms with Gasteiger partial charge in [0.2, 0.25) is 0 Å². The second-order valence-corrected chi connectivity index (χ2v) is 4.99. The molecule has 0 aromatic rings. The number of carbonyl (C=O) groups is 1. The predicted molar refractivity (Wildman–Crippen MR) is 71.2 cm³/mol. The van der Waals surface area contributed by atoms with Gasteiger partial charge in [-0.15, -0.1) is 0 Å².